The maximum Gasteiger partial charge on any atom is 0.222 e. The molecule has 25 heavy (non-hydrogen) atoms. The number of carbonyl (C=O) groups excluding carboxylic acids is 1. The first-order valence-corrected chi connectivity index (χ1v) is 8.96. The number of rotatable bonds is 4. The smallest absolute Gasteiger partial charge is 0.222 e. The monoisotopic (exact) mass is 353 g/mol. The van der Waals surface area contributed by atoms with Gasteiger partial charge in [-0.2, -0.15) is 0 Å². The molecular formula is C17H31N5O3. The molecule has 0 aromatic carbocycles. The third kappa shape index (κ3) is 5.49. The lowest BCUT2D eigenvalue weighted by atomic mass is 10.0. The van der Waals surface area contributed by atoms with E-state index in [1.54, 1.807) is 11.1 Å². The summed E-state index contributed by atoms with van der Waals surface area (Å²) in [5.41, 5.74) is 0.935. The molecule has 0 aliphatic carbocycles. The molecule has 1 amide bonds. The summed E-state index contributed by atoms with van der Waals surface area (Å²) in [6.07, 6.45) is 2.83. The Morgan fingerprint density at radius 3 is 2.92 bits per heavy atom. The van der Waals surface area contributed by atoms with Crippen molar-refractivity contribution in [1.82, 2.24) is 24.8 Å². The largest absolute Gasteiger partial charge is 0.394 e. The molecule has 0 bridgehead atoms. The summed E-state index contributed by atoms with van der Waals surface area (Å²) >= 11 is 0. The van der Waals surface area contributed by atoms with E-state index in [2.05, 4.69) is 22.1 Å². The second kappa shape index (κ2) is 9.26. The number of carbonyl (C=O) groups is 1. The summed E-state index contributed by atoms with van der Waals surface area (Å²) in [4.78, 5) is 16.6. The van der Waals surface area contributed by atoms with Crippen LogP contribution in [-0.2, 0) is 22.7 Å². The number of fused-ring (bicyclic) bond motifs is 1. The lowest BCUT2D eigenvalue weighted by Gasteiger charge is -2.35. The van der Waals surface area contributed by atoms with Crippen molar-refractivity contribution < 1.29 is 14.6 Å². The van der Waals surface area contributed by atoms with Crippen molar-refractivity contribution in [2.24, 2.45) is 5.92 Å². The fraction of sp³-hybridized carbons (Fsp3) is 0.824. The number of ether oxygens (including phenoxy) is 1. The Hall–Kier alpha value is -1.51. The average molecular weight is 353 g/mol. The fourth-order valence-corrected chi connectivity index (χ4v) is 3.11. The maximum atomic E-state index is 12.7. The number of aryl methyl sites for hydroxylation is 1. The van der Waals surface area contributed by atoms with Gasteiger partial charge < -0.3 is 19.6 Å². The predicted molar refractivity (Wildman–Crippen MR) is 93.8 cm³/mol. The van der Waals surface area contributed by atoms with E-state index in [0.29, 0.717) is 32.5 Å². The third-order valence-corrected chi connectivity index (χ3v) is 4.68. The van der Waals surface area contributed by atoms with Crippen LogP contribution in [0.4, 0.5) is 0 Å². The van der Waals surface area contributed by atoms with Crippen molar-refractivity contribution in [3.63, 3.8) is 0 Å². The van der Waals surface area contributed by atoms with Crippen LogP contribution in [-0.4, -0.2) is 81.7 Å². The Kier molecular flexibility index (Phi) is 7.34. The lowest BCUT2D eigenvalue weighted by molar-refractivity contribution is -0.136. The molecule has 8 heteroatoms. The van der Waals surface area contributed by atoms with Crippen molar-refractivity contribution in [2.75, 3.05) is 33.8 Å². The van der Waals surface area contributed by atoms with Crippen LogP contribution < -0.4 is 0 Å². The van der Waals surface area contributed by atoms with Crippen LogP contribution in [0.5, 0.6) is 0 Å². The van der Waals surface area contributed by atoms with Crippen LogP contribution in [0.25, 0.3) is 0 Å². The van der Waals surface area contributed by atoms with Gasteiger partial charge in [-0.3, -0.25) is 4.79 Å². The zero-order chi connectivity index (χ0) is 18.4. The zero-order valence-electron chi connectivity index (χ0n) is 15.8. The first-order chi connectivity index (χ1) is 11.9. The van der Waals surface area contributed by atoms with E-state index in [4.69, 9.17) is 4.74 Å². The first kappa shape index (κ1) is 19.8. The Balaban J connectivity index is 2.22. The number of nitrogens with zero attached hydrogens (tertiary/aromatic N) is 5. The summed E-state index contributed by atoms with van der Waals surface area (Å²) in [7, 11) is 4.02. The van der Waals surface area contributed by atoms with Gasteiger partial charge in [-0.25, -0.2) is 4.68 Å². The highest BCUT2D eigenvalue weighted by atomic mass is 16.5. The number of hydrogen-bond acceptors (Lipinski definition) is 6. The van der Waals surface area contributed by atoms with Crippen LogP contribution in [0.2, 0.25) is 0 Å². The van der Waals surface area contributed by atoms with E-state index in [-0.39, 0.29) is 30.6 Å². The molecular weight excluding hydrogens is 322 g/mol. The second-order valence-electron chi connectivity index (χ2n) is 7.22. The van der Waals surface area contributed by atoms with Crippen molar-refractivity contribution in [3.8, 4) is 0 Å². The molecule has 2 rings (SSSR count). The molecule has 0 radical (unpaired) electrons. The van der Waals surface area contributed by atoms with Gasteiger partial charge in [0.1, 0.15) is 0 Å². The second-order valence-corrected chi connectivity index (χ2v) is 7.22. The van der Waals surface area contributed by atoms with Crippen molar-refractivity contribution in [2.45, 2.75) is 52.0 Å². The number of aliphatic hydroxyl groups excluding tert-OH is 1. The molecule has 1 N–H and O–H groups in total. The third-order valence-electron chi connectivity index (χ3n) is 4.68. The molecule has 3 atom stereocenters. The molecule has 0 saturated heterocycles. The summed E-state index contributed by atoms with van der Waals surface area (Å²) in [6, 6.07) is -0.195. The summed E-state index contributed by atoms with van der Waals surface area (Å²) in [6.45, 7) is 6.38. The van der Waals surface area contributed by atoms with Gasteiger partial charge in [0.25, 0.3) is 0 Å². The first-order valence-electron chi connectivity index (χ1n) is 8.96. The molecule has 1 aromatic heterocycles. The predicted octanol–water partition coefficient (Wildman–Crippen LogP) is 0.364. The van der Waals surface area contributed by atoms with Crippen LogP contribution in [0.3, 0.4) is 0 Å². The van der Waals surface area contributed by atoms with Crippen LogP contribution in [0.1, 0.15) is 32.4 Å². The highest BCUT2D eigenvalue weighted by Gasteiger charge is 2.27. The molecule has 0 fully saturated rings. The highest BCUT2D eigenvalue weighted by Crippen LogP contribution is 2.17. The number of aromatic nitrogens is 3. The molecule has 1 aliphatic rings. The number of likely N-dealkylation sites (N-methyl/N-ethyl adjacent to an activating group) is 1. The Bertz CT molecular complexity index is 548. The Morgan fingerprint density at radius 1 is 1.48 bits per heavy atom. The van der Waals surface area contributed by atoms with Crippen LogP contribution in [0, 0.1) is 5.92 Å². The van der Waals surface area contributed by atoms with Gasteiger partial charge in [0, 0.05) is 32.0 Å². The highest BCUT2D eigenvalue weighted by molar-refractivity contribution is 5.76. The Labute approximate surface area is 149 Å². The van der Waals surface area contributed by atoms with Crippen LogP contribution in [0.15, 0.2) is 6.20 Å². The summed E-state index contributed by atoms with van der Waals surface area (Å²) in [5, 5.41) is 17.6. The van der Waals surface area contributed by atoms with Gasteiger partial charge in [-0.15, -0.1) is 5.10 Å². The molecule has 0 spiro atoms. The lowest BCUT2D eigenvalue weighted by Crippen LogP contribution is -2.47. The maximum absolute atomic E-state index is 12.7. The quantitative estimate of drug-likeness (QED) is 0.842. The van der Waals surface area contributed by atoms with E-state index >= 15 is 0 Å². The fourth-order valence-electron chi connectivity index (χ4n) is 3.11. The molecule has 1 aromatic rings. The van der Waals surface area contributed by atoms with Gasteiger partial charge in [-0.05, 0) is 27.4 Å². The van der Waals surface area contributed by atoms with Crippen molar-refractivity contribution >= 4 is 5.91 Å². The van der Waals surface area contributed by atoms with E-state index in [9.17, 15) is 9.90 Å². The standard InChI is InChI=1S/C17H31N5O3/c1-13-9-21(14(2)11-23)17(24)6-5-7-22-15(8-18-19-22)12-25-16(13)10-20(3)4/h8,13-14,16,23H,5-7,9-12H2,1-4H3/t13-,14+,16+/m1/s1. The number of aliphatic hydroxyl groups is 1. The number of hydrogen-bond donors (Lipinski definition) is 1. The summed E-state index contributed by atoms with van der Waals surface area (Å²) < 4.78 is 7.99. The normalized spacial score (nSPS) is 24.6. The van der Waals surface area contributed by atoms with Gasteiger partial charge in [0.15, 0.2) is 0 Å². The average Bonchev–Trinajstić information content (AvgIpc) is 3.01. The minimum Gasteiger partial charge on any atom is -0.394 e. The van der Waals surface area contributed by atoms with Gasteiger partial charge in [0.2, 0.25) is 5.91 Å². The van der Waals surface area contributed by atoms with Gasteiger partial charge >= 0.3 is 0 Å². The van der Waals surface area contributed by atoms with E-state index in [0.717, 1.165) is 12.2 Å². The molecule has 2 heterocycles. The molecule has 0 saturated carbocycles. The Morgan fingerprint density at radius 2 is 2.24 bits per heavy atom. The van der Waals surface area contributed by atoms with Gasteiger partial charge in [0.05, 0.1) is 37.3 Å². The minimum atomic E-state index is -0.195. The number of amides is 1. The van der Waals surface area contributed by atoms with Crippen molar-refractivity contribution in [3.05, 3.63) is 11.9 Å². The van der Waals surface area contributed by atoms with E-state index in [1.165, 1.54) is 0 Å². The van der Waals surface area contributed by atoms with E-state index < -0.39 is 0 Å². The zero-order valence-corrected chi connectivity index (χ0v) is 15.8. The molecule has 0 unspecified atom stereocenters. The minimum absolute atomic E-state index is 0.0287. The molecule has 1 aliphatic heterocycles. The SMILES string of the molecule is C[C@@H]1CN([C@@H](C)CO)C(=O)CCCn2nncc2CO[C@H]1CN(C)C. The summed E-state index contributed by atoms with van der Waals surface area (Å²) in [5.74, 6) is 0.211. The molecule has 142 valence electrons. The van der Waals surface area contributed by atoms with Crippen LogP contribution >= 0.6 is 0 Å². The topological polar surface area (TPSA) is 83.7 Å². The van der Waals surface area contributed by atoms with Crippen molar-refractivity contribution in [1.29, 1.82) is 0 Å². The van der Waals surface area contributed by atoms with Gasteiger partial charge in [-0.1, -0.05) is 12.1 Å². The van der Waals surface area contributed by atoms with E-state index in [1.807, 2.05) is 25.7 Å². The molecule has 8 nitrogen and oxygen atoms in total.